The van der Waals surface area contributed by atoms with Crippen molar-refractivity contribution in [3.8, 4) is 5.75 Å². The van der Waals surface area contributed by atoms with Gasteiger partial charge >= 0.3 is 0 Å². The van der Waals surface area contributed by atoms with E-state index in [2.05, 4.69) is 0 Å². The summed E-state index contributed by atoms with van der Waals surface area (Å²) in [4.78, 5) is 14.6. The van der Waals surface area contributed by atoms with Crippen LogP contribution in [0.5, 0.6) is 5.75 Å². The topological polar surface area (TPSA) is 63.7 Å². The van der Waals surface area contributed by atoms with Crippen LogP contribution in [0, 0.1) is 0 Å². The highest BCUT2D eigenvalue weighted by Crippen LogP contribution is 2.30. The van der Waals surface area contributed by atoms with Crippen molar-refractivity contribution in [2.24, 2.45) is 0 Å². The Morgan fingerprint density at radius 2 is 1.93 bits per heavy atom. The Labute approximate surface area is 163 Å². The molecule has 1 amide bonds. The molecule has 0 aromatic heterocycles. The maximum atomic E-state index is 12.8. The molecule has 6 heteroatoms. The van der Waals surface area contributed by atoms with Crippen molar-refractivity contribution in [2.45, 2.75) is 76.5 Å². The van der Waals surface area contributed by atoms with Crippen LogP contribution in [0.2, 0.25) is 0 Å². The molecule has 2 aliphatic rings. The molecule has 2 fully saturated rings. The van der Waals surface area contributed by atoms with Gasteiger partial charge in [0.2, 0.25) is 5.91 Å². The average molecular weight is 394 g/mol. The van der Waals surface area contributed by atoms with Crippen LogP contribution in [0.3, 0.4) is 0 Å². The molecular formula is C21H31NO4S. The van der Waals surface area contributed by atoms with Gasteiger partial charge in [-0.1, -0.05) is 12.1 Å². The summed E-state index contributed by atoms with van der Waals surface area (Å²) in [6, 6.07) is 7.97. The zero-order chi connectivity index (χ0) is 19.4. The third-order valence-corrected chi connectivity index (χ3v) is 6.47. The van der Waals surface area contributed by atoms with Crippen LogP contribution in [-0.2, 0) is 21.1 Å². The van der Waals surface area contributed by atoms with Gasteiger partial charge in [0.1, 0.15) is 15.6 Å². The number of hydrogen-bond acceptors (Lipinski definition) is 4. The second-order valence-corrected chi connectivity index (χ2v) is 10.3. The van der Waals surface area contributed by atoms with Gasteiger partial charge in [0, 0.05) is 24.8 Å². The van der Waals surface area contributed by atoms with Crippen LogP contribution in [0.1, 0.15) is 57.4 Å². The van der Waals surface area contributed by atoms with E-state index in [0.717, 1.165) is 37.0 Å². The van der Waals surface area contributed by atoms with Gasteiger partial charge in [-0.3, -0.25) is 4.79 Å². The van der Waals surface area contributed by atoms with Gasteiger partial charge in [0.25, 0.3) is 0 Å². The third-order valence-electron chi connectivity index (χ3n) is 5.38. The van der Waals surface area contributed by atoms with E-state index in [0.29, 0.717) is 18.9 Å². The lowest BCUT2D eigenvalue weighted by molar-refractivity contribution is -0.133. The largest absolute Gasteiger partial charge is 0.490 e. The van der Waals surface area contributed by atoms with Crippen molar-refractivity contribution in [3.63, 3.8) is 0 Å². The number of sulfone groups is 1. The predicted molar refractivity (Wildman–Crippen MR) is 107 cm³/mol. The first-order valence-electron chi connectivity index (χ1n) is 10.1. The first kappa shape index (κ1) is 20.2. The Morgan fingerprint density at radius 3 is 2.56 bits per heavy atom. The molecule has 1 atom stereocenters. The Morgan fingerprint density at radius 1 is 1.22 bits per heavy atom. The lowest BCUT2D eigenvalue weighted by atomic mass is 10.1. The number of benzene rings is 1. The molecule has 2 saturated carbocycles. The second kappa shape index (κ2) is 8.63. The highest BCUT2D eigenvalue weighted by Gasteiger charge is 2.36. The maximum absolute atomic E-state index is 12.8. The van der Waals surface area contributed by atoms with E-state index in [9.17, 15) is 13.2 Å². The fourth-order valence-electron chi connectivity index (χ4n) is 4.03. The van der Waals surface area contributed by atoms with Crippen molar-refractivity contribution < 1.29 is 17.9 Å². The minimum absolute atomic E-state index is 0.0277. The van der Waals surface area contributed by atoms with Gasteiger partial charge in [0.05, 0.1) is 11.9 Å². The minimum Gasteiger partial charge on any atom is -0.490 e. The van der Waals surface area contributed by atoms with Crippen molar-refractivity contribution in [1.82, 2.24) is 4.90 Å². The van der Waals surface area contributed by atoms with Gasteiger partial charge in [-0.2, -0.15) is 0 Å². The smallest absolute Gasteiger partial charge is 0.223 e. The number of carbonyl (C=O) groups excluding carboxylic acids is 1. The lowest BCUT2D eigenvalue weighted by Gasteiger charge is -2.29. The summed E-state index contributed by atoms with van der Waals surface area (Å²) < 4.78 is 29.3. The van der Waals surface area contributed by atoms with Crippen LogP contribution in [0.4, 0.5) is 0 Å². The fraction of sp³-hybridized carbons (Fsp3) is 0.667. The van der Waals surface area contributed by atoms with Crippen LogP contribution in [-0.4, -0.2) is 49.4 Å². The van der Waals surface area contributed by atoms with Gasteiger partial charge in [0.15, 0.2) is 0 Å². The normalized spacial score (nSPS) is 19.0. The number of nitrogens with zero attached hydrogens (tertiary/aromatic N) is 1. The second-order valence-electron chi connectivity index (χ2n) is 8.15. The first-order chi connectivity index (χ1) is 12.8. The Hall–Kier alpha value is -1.56. The molecule has 27 heavy (non-hydrogen) atoms. The Balaban J connectivity index is 1.57. The minimum atomic E-state index is -3.10. The summed E-state index contributed by atoms with van der Waals surface area (Å²) in [6.45, 7) is 1.84. The summed E-state index contributed by atoms with van der Waals surface area (Å²) in [5.74, 6) is 0.965. The molecule has 0 aliphatic heterocycles. The number of carbonyl (C=O) groups is 1. The summed E-state index contributed by atoms with van der Waals surface area (Å²) in [6.07, 6.45) is 9.28. The van der Waals surface area contributed by atoms with Crippen molar-refractivity contribution in [1.29, 1.82) is 0 Å². The van der Waals surface area contributed by atoms with E-state index < -0.39 is 9.84 Å². The average Bonchev–Trinajstić information content (AvgIpc) is 3.27. The summed E-state index contributed by atoms with van der Waals surface area (Å²) in [7, 11) is -3.10. The van der Waals surface area contributed by atoms with Crippen LogP contribution in [0.25, 0.3) is 0 Å². The predicted octanol–water partition coefficient (Wildman–Crippen LogP) is 3.36. The SMILES string of the molecule is CC(CS(C)(=O)=O)N(C(=O)CCc1cccc(OC2CCCC2)c1)C1CC1. The maximum Gasteiger partial charge on any atom is 0.223 e. The Kier molecular flexibility index (Phi) is 6.45. The monoisotopic (exact) mass is 393 g/mol. The van der Waals surface area contributed by atoms with Gasteiger partial charge in [-0.25, -0.2) is 8.42 Å². The van der Waals surface area contributed by atoms with Crippen LogP contribution in [0.15, 0.2) is 24.3 Å². The fourth-order valence-corrected chi connectivity index (χ4v) is 5.07. The molecule has 0 spiro atoms. The van der Waals surface area contributed by atoms with Crippen molar-refractivity contribution >= 4 is 15.7 Å². The van der Waals surface area contributed by atoms with E-state index in [1.54, 1.807) is 4.90 Å². The molecular weight excluding hydrogens is 362 g/mol. The molecule has 150 valence electrons. The summed E-state index contributed by atoms with van der Waals surface area (Å²) in [5.41, 5.74) is 1.09. The molecule has 1 aromatic carbocycles. The zero-order valence-corrected chi connectivity index (χ0v) is 17.2. The summed E-state index contributed by atoms with van der Waals surface area (Å²) in [5, 5.41) is 0. The van der Waals surface area contributed by atoms with E-state index >= 15 is 0 Å². The molecule has 3 rings (SSSR count). The molecule has 0 heterocycles. The van der Waals surface area contributed by atoms with E-state index in [1.807, 2.05) is 31.2 Å². The summed E-state index contributed by atoms with van der Waals surface area (Å²) >= 11 is 0. The number of hydrogen-bond donors (Lipinski definition) is 0. The third kappa shape index (κ3) is 6.23. The molecule has 0 radical (unpaired) electrons. The lowest BCUT2D eigenvalue weighted by Crippen LogP contribution is -2.43. The molecule has 1 aromatic rings. The highest BCUT2D eigenvalue weighted by atomic mass is 32.2. The molecule has 2 aliphatic carbocycles. The Bertz CT molecular complexity index is 751. The number of amides is 1. The van der Waals surface area contributed by atoms with Crippen molar-refractivity contribution in [3.05, 3.63) is 29.8 Å². The molecule has 5 nitrogen and oxygen atoms in total. The van der Waals surface area contributed by atoms with Crippen molar-refractivity contribution in [2.75, 3.05) is 12.0 Å². The number of rotatable bonds is 9. The van der Waals surface area contributed by atoms with Gasteiger partial charge in [-0.15, -0.1) is 0 Å². The van der Waals surface area contributed by atoms with Crippen LogP contribution < -0.4 is 4.74 Å². The molecule has 0 N–H and O–H groups in total. The first-order valence-corrected chi connectivity index (χ1v) is 12.1. The standard InChI is InChI=1S/C21H31NO4S/c1-16(15-27(2,24)25)22(18-11-12-18)21(23)13-10-17-6-5-9-20(14-17)26-19-7-3-4-8-19/h5-6,9,14,16,18-19H,3-4,7-8,10-13,15H2,1-2H3. The van der Waals surface area contributed by atoms with E-state index in [-0.39, 0.29) is 23.7 Å². The quantitative estimate of drug-likeness (QED) is 0.645. The zero-order valence-electron chi connectivity index (χ0n) is 16.4. The van der Waals surface area contributed by atoms with Crippen LogP contribution >= 0.6 is 0 Å². The number of aryl methyl sites for hydroxylation is 1. The molecule has 1 unspecified atom stereocenters. The highest BCUT2D eigenvalue weighted by molar-refractivity contribution is 7.90. The molecule has 0 saturated heterocycles. The van der Waals surface area contributed by atoms with Gasteiger partial charge < -0.3 is 9.64 Å². The van der Waals surface area contributed by atoms with Gasteiger partial charge in [-0.05, 0) is 69.6 Å². The number of ether oxygens (including phenoxy) is 1. The van der Waals surface area contributed by atoms with E-state index in [4.69, 9.17) is 4.74 Å². The molecule has 0 bridgehead atoms. The van der Waals surface area contributed by atoms with E-state index in [1.165, 1.54) is 19.1 Å².